The number of aliphatic hydroxyl groups is 1. The number of nitrogens with one attached hydrogen (secondary N) is 1. The van der Waals surface area contributed by atoms with Gasteiger partial charge in [0, 0.05) is 17.7 Å². The van der Waals surface area contributed by atoms with Gasteiger partial charge < -0.3 is 10.4 Å². The van der Waals surface area contributed by atoms with Gasteiger partial charge in [0.05, 0.1) is 17.8 Å². The Morgan fingerprint density at radius 1 is 1.48 bits per heavy atom. The van der Waals surface area contributed by atoms with Crippen molar-refractivity contribution in [1.82, 2.24) is 20.1 Å². The zero-order chi connectivity index (χ0) is 16.2. The number of nitrogens with zero attached hydrogens (tertiary/aromatic N) is 3. The van der Waals surface area contributed by atoms with Crippen LogP contribution in [0.2, 0.25) is 0 Å². The minimum atomic E-state index is -0.666. The van der Waals surface area contributed by atoms with Gasteiger partial charge in [0.2, 0.25) is 0 Å². The van der Waals surface area contributed by atoms with Gasteiger partial charge in [-0.05, 0) is 44.7 Å². The van der Waals surface area contributed by atoms with Crippen molar-refractivity contribution in [3.8, 4) is 5.82 Å². The number of amides is 1. The Bertz CT molecular complexity index is 766. The summed E-state index contributed by atoms with van der Waals surface area (Å²) in [4.78, 5) is 17.0. The van der Waals surface area contributed by atoms with E-state index in [0.717, 1.165) is 23.5 Å². The highest BCUT2D eigenvalue weighted by Gasteiger charge is 2.50. The lowest BCUT2D eigenvalue weighted by Gasteiger charge is -2.23. The van der Waals surface area contributed by atoms with Crippen molar-refractivity contribution in [1.29, 1.82) is 0 Å². The zero-order valence-corrected chi connectivity index (χ0v) is 13.3. The monoisotopic (exact) mass is 312 g/mol. The van der Waals surface area contributed by atoms with Crippen molar-refractivity contribution in [2.45, 2.75) is 38.1 Å². The van der Waals surface area contributed by atoms with E-state index in [4.69, 9.17) is 0 Å². The minimum absolute atomic E-state index is 0.118. The van der Waals surface area contributed by atoms with Crippen molar-refractivity contribution >= 4 is 5.91 Å². The van der Waals surface area contributed by atoms with Gasteiger partial charge in [-0.25, -0.2) is 9.67 Å². The molecule has 2 aromatic rings. The Labute approximate surface area is 134 Å². The van der Waals surface area contributed by atoms with Crippen molar-refractivity contribution in [2.24, 2.45) is 5.92 Å². The maximum atomic E-state index is 12.6. The molecule has 6 nitrogen and oxygen atoms in total. The average molecular weight is 312 g/mol. The Morgan fingerprint density at radius 3 is 3.00 bits per heavy atom. The van der Waals surface area contributed by atoms with Crippen LogP contribution in [0.5, 0.6) is 0 Å². The number of fused-ring (bicyclic) bond motifs is 3. The van der Waals surface area contributed by atoms with Crippen molar-refractivity contribution in [3.05, 3.63) is 41.3 Å². The highest BCUT2D eigenvalue weighted by atomic mass is 16.3. The molecule has 0 saturated heterocycles. The Balaban J connectivity index is 1.75. The molecule has 1 saturated carbocycles. The average Bonchev–Trinajstić information content (AvgIpc) is 3.04. The first-order chi connectivity index (χ1) is 11.0. The van der Waals surface area contributed by atoms with Gasteiger partial charge >= 0.3 is 0 Å². The topological polar surface area (TPSA) is 80.0 Å². The second-order valence-electron chi connectivity index (χ2n) is 7.11. The summed E-state index contributed by atoms with van der Waals surface area (Å²) in [5, 5.41) is 16.8. The molecule has 2 aliphatic rings. The van der Waals surface area contributed by atoms with Crippen LogP contribution in [0.15, 0.2) is 24.4 Å². The van der Waals surface area contributed by atoms with E-state index in [0.29, 0.717) is 17.5 Å². The van der Waals surface area contributed by atoms with Crippen molar-refractivity contribution in [2.75, 3.05) is 6.61 Å². The van der Waals surface area contributed by atoms with Crippen molar-refractivity contribution < 1.29 is 9.90 Å². The van der Waals surface area contributed by atoms with Gasteiger partial charge in [-0.3, -0.25) is 4.79 Å². The Kier molecular flexibility index (Phi) is 3.06. The molecule has 2 aliphatic carbocycles. The third kappa shape index (κ3) is 2.34. The van der Waals surface area contributed by atoms with E-state index in [1.54, 1.807) is 20.0 Å². The molecule has 23 heavy (non-hydrogen) atoms. The molecule has 0 bridgehead atoms. The highest BCUT2D eigenvalue weighted by Crippen LogP contribution is 2.57. The van der Waals surface area contributed by atoms with E-state index in [9.17, 15) is 9.90 Å². The largest absolute Gasteiger partial charge is 0.394 e. The van der Waals surface area contributed by atoms with Crippen LogP contribution in [-0.4, -0.2) is 37.9 Å². The van der Waals surface area contributed by atoms with Gasteiger partial charge in [0.25, 0.3) is 5.91 Å². The number of carbonyl (C=O) groups excluding carboxylic acids is 1. The fraction of sp³-hybridized carbons (Fsp3) is 0.471. The molecular weight excluding hydrogens is 292 g/mol. The van der Waals surface area contributed by atoms with Crippen LogP contribution in [0.4, 0.5) is 0 Å². The van der Waals surface area contributed by atoms with E-state index < -0.39 is 5.54 Å². The molecule has 120 valence electrons. The first-order valence-corrected chi connectivity index (χ1v) is 7.97. The zero-order valence-electron chi connectivity index (χ0n) is 13.3. The van der Waals surface area contributed by atoms with Gasteiger partial charge in [-0.1, -0.05) is 6.07 Å². The van der Waals surface area contributed by atoms with Crippen molar-refractivity contribution in [3.63, 3.8) is 0 Å². The number of aromatic nitrogens is 3. The summed E-state index contributed by atoms with van der Waals surface area (Å²) in [5.74, 6) is 1.68. The third-order valence-corrected chi connectivity index (χ3v) is 4.69. The molecule has 6 heteroatoms. The Hall–Kier alpha value is -2.21. The molecule has 2 atom stereocenters. The molecule has 1 fully saturated rings. The maximum Gasteiger partial charge on any atom is 0.272 e. The molecule has 0 unspecified atom stereocenters. The first-order valence-electron chi connectivity index (χ1n) is 7.97. The van der Waals surface area contributed by atoms with E-state index in [-0.39, 0.29) is 12.5 Å². The first kappa shape index (κ1) is 14.4. The fourth-order valence-corrected chi connectivity index (χ4v) is 3.36. The molecule has 0 aromatic carbocycles. The third-order valence-electron chi connectivity index (χ3n) is 4.69. The Morgan fingerprint density at radius 2 is 2.30 bits per heavy atom. The lowest BCUT2D eigenvalue weighted by Crippen LogP contribution is -2.46. The molecule has 2 heterocycles. The maximum absolute atomic E-state index is 12.6. The normalized spacial score (nSPS) is 21.7. The van der Waals surface area contributed by atoms with Crippen LogP contribution < -0.4 is 5.32 Å². The molecule has 4 rings (SSSR count). The van der Waals surface area contributed by atoms with Gasteiger partial charge in [-0.2, -0.15) is 5.10 Å². The van der Waals surface area contributed by atoms with Crippen LogP contribution in [0, 0.1) is 5.92 Å². The van der Waals surface area contributed by atoms with Gasteiger partial charge in [0.1, 0.15) is 0 Å². The summed E-state index contributed by atoms with van der Waals surface area (Å²) in [6.07, 6.45) is 3.82. The molecule has 2 N–H and O–H groups in total. The molecule has 1 amide bonds. The lowest BCUT2D eigenvalue weighted by molar-refractivity contribution is 0.0863. The predicted molar refractivity (Wildman–Crippen MR) is 84.5 cm³/mol. The van der Waals surface area contributed by atoms with Gasteiger partial charge in [-0.15, -0.1) is 0 Å². The molecule has 0 radical (unpaired) electrons. The molecule has 0 spiro atoms. The minimum Gasteiger partial charge on any atom is -0.394 e. The number of hydrogen-bond donors (Lipinski definition) is 2. The molecule has 0 aliphatic heterocycles. The predicted octanol–water partition coefficient (Wildman–Crippen LogP) is 1.43. The second-order valence-corrected chi connectivity index (χ2v) is 7.11. The van der Waals surface area contributed by atoms with E-state index in [2.05, 4.69) is 15.4 Å². The summed E-state index contributed by atoms with van der Waals surface area (Å²) < 4.78 is 1.83. The number of aliphatic hydroxyl groups excluding tert-OH is 1. The van der Waals surface area contributed by atoms with Gasteiger partial charge in [0.15, 0.2) is 11.5 Å². The fourth-order valence-electron chi connectivity index (χ4n) is 3.36. The number of carbonyl (C=O) groups is 1. The highest BCUT2D eigenvalue weighted by molar-refractivity contribution is 5.95. The number of hydrogen-bond acceptors (Lipinski definition) is 4. The number of rotatable bonds is 4. The standard InChI is InChI=1S/C17H20N4O2/c1-17(2,9-22)19-16(23)14-12-8-10-7-11(10)15(12)21(20-14)13-5-3-4-6-18-13/h3-6,10-11,22H,7-9H2,1-2H3,(H,19,23)/t10-,11-/m0/s1. The SMILES string of the molecule is CC(C)(CO)NC(=O)c1nn(-c2ccccn2)c2c1C[C@@H]1C[C@H]21. The van der Waals surface area contributed by atoms with E-state index in [1.807, 2.05) is 22.9 Å². The molecular formula is C17H20N4O2. The quantitative estimate of drug-likeness (QED) is 0.895. The van der Waals surface area contributed by atoms with Crippen LogP contribution in [0.25, 0.3) is 5.82 Å². The summed E-state index contributed by atoms with van der Waals surface area (Å²) >= 11 is 0. The van der Waals surface area contributed by atoms with Crippen LogP contribution in [-0.2, 0) is 6.42 Å². The lowest BCUT2D eigenvalue weighted by atomic mass is 10.1. The summed E-state index contributed by atoms with van der Waals surface area (Å²) in [6, 6.07) is 5.69. The van der Waals surface area contributed by atoms with Crippen LogP contribution >= 0.6 is 0 Å². The number of pyridine rings is 1. The van der Waals surface area contributed by atoms with E-state index >= 15 is 0 Å². The van der Waals surface area contributed by atoms with Crippen LogP contribution in [0.1, 0.15) is 47.9 Å². The summed E-state index contributed by atoms with van der Waals surface area (Å²) in [5.41, 5.74) is 1.99. The van der Waals surface area contributed by atoms with Crippen LogP contribution in [0.3, 0.4) is 0 Å². The summed E-state index contributed by atoms with van der Waals surface area (Å²) in [6.45, 7) is 3.46. The summed E-state index contributed by atoms with van der Waals surface area (Å²) in [7, 11) is 0. The second kappa shape index (κ2) is 4.89. The van der Waals surface area contributed by atoms with E-state index in [1.165, 1.54) is 6.42 Å². The smallest absolute Gasteiger partial charge is 0.272 e. The molecule has 2 aromatic heterocycles.